The van der Waals surface area contributed by atoms with Gasteiger partial charge in [-0.2, -0.15) is 5.10 Å². The summed E-state index contributed by atoms with van der Waals surface area (Å²) < 4.78 is 1.72. The summed E-state index contributed by atoms with van der Waals surface area (Å²) in [6.45, 7) is 4.79. The van der Waals surface area contributed by atoms with Crippen LogP contribution < -0.4 is 10.6 Å². The first-order chi connectivity index (χ1) is 8.58. The van der Waals surface area contributed by atoms with Gasteiger partial charge in [0.1, 0.15) is 0 Å². The smallest absolute Gasteiger partial charge is 0.254 e. The highest BCUT2D eigenvalue weighted by Crippen LogP contribution is 2.12. The molecule has 0 aliphatic carbocycles. The quantitative estimate of drug-likeness (QED) is 0.841. The molecule has 2 atom stereocenters. The van der Waals surface area contributed by atoms with Gasteiger partial charge < -0.3 is 10.6 Å². The van der Waals surface area contributed by atoms with Gasteiger partial charge in [-0.05, 0) is 26.7 Å². The zero-order valence-corrected chi connectivity index (χ0v) is 11.4. The molecule has 2 unspecified atom stereocenters. The molecule has 1 aromatic heterocycles. The minimum Gasteiger partial charge on any atom is -0.350 e. The monoisotopic (exact) mass is 250 g/mol. The number of hydrogen-bond acceptors (Lipinski definition) is 3. The van der Waals surface area contributed by atoms with E-state index in [1.165, 1.54) is 12.8 Å². The zero-order chi connectivity index (χ0) is 13.1. The molecule has 0 bridgehead atoms. The maximum absolute atomic E-state index is 12.0. The Morgan fingerprint density at radius 3 is 3.00 bits per heavy atom. The summed E-state index contributed by atoms with van der Waals surface area (Å²) in [5.74, 6) is -0.0272. The SMILES string of the molecule is Cc1c(C(=O)NCC2CCCC(C)N2)cnn1C. The number of nitrogens with one attached hydrogen (secondary N) is 2. The van der Waals surface area contributed by atoms with Crippen LogP contribution in [0.1, 0.15) is 42.2 Å². The van der Waals surface area contributed by atoms with Crippen molar-refractivity contribution in [3.8, 4) is 0 Å². The van der Waals surface area contributed by atoms with Crippen molar-refractivity contribution in [1.82, 2.24) is 20.4 Å². The van der Waals surface area contributed by atoms with Crippen LogP contribution in [-0.4, -0.2) is 34.3 Å². The molecule has 0 spiro atoms. The molecule has 1 aromatic rings. The second kappa shape index (κ2) is 5.52. The molecule has 1 aliphatic heterocycles. The fourth-order valence-corrected chi connectivity index (χ4v) is 2.43. The second-order valence-electron chi connectivity index (χ2n) is 5.17. The number of nitrogens with zero attached hydrogens (tertiary/aromatic N) is 2. The molecule has 5 heteroatoms. The van der Waals surface area contributed by atoms with Gasteiger partial charge in [-0.25, -0.2) is 0 Å². The number of rotatable bonds is 3. The Balaban J connectivity index is 1.86. The largest absolute Gasteiger partial charge is 0.350 e. The van der Waals surface area contributed by atoms with Gasteiger partial charge in [-0.15, -0.1) is 0 Å². The molecule has 2 N–H and O–H groups in total. The van der Waals surface area contributed by atoms with Crippen LogP contribution in [0.3, 0.4) is 0 Å². The Hall–Kier alpha value is -1.36. The Bertz CT molecular complexity index is 427. The van der Waals surface area contributed by atoms with E-state index in [-0.39, 0.29) is 5.91 Å². The van der Waals surface area contributed by atoms with Gasteiger partial charge in [0.25, 0.3) is 5.91 Å². The molecule has 0 radical (unpaired) electrons. The molecule has 2 rings (SSSR count). The van der Waals surface area contributed by atoms with E-state index in [9.17, 15) is 4.79 Å². The third kappa shape index (κ3) is 2.90. The standard InChI is InChI=1S/C13H22N4O/c1-9-5-4-6-11(16-9)7-14-13(18)12-8-15-17(3)10(12)2/h8-9,11,16H,4-7H2,1-3H3,(H,14,18). The van der Waals surface area contributed by atoms with Crippen LogP contribution in [0.2, 0.25) is 0 Å². The molecule has 18 heavy (non-hydrogen) atoms. The zero-order valence-electron chi connectivity index (χ0n) is 11.4. The lowest BCUT2D eigenvalue weighted by atomic mass is 9.99. The molecule has 1 aliphatic rings. The lowest BCUT2D eigenvalue weighted by Gasteiger charge is -2.28. The Labute approximate surface area is 108 Å². The lowest BCUT2D eigenvalue weighted by Crippen LogP contribution is -2.47. The summed E-state index contributed by atoms with van der Waals surface area (Å²) in [4.78, 5) is 12.0. The molecule has 0 aromatic carbocycles. The Morgan fingerprint density at radius 1 is 1.61 bits per heavy atom. The van der Waals surface area contributed by atoms with Crippen molar-refractivity contribution in [2.24, 2.45) is 7.05 Å². The summed E-state index contributed by atoms with van der Waals surface area (Å²) in [6, 6.07) is 0.954. The molecule has 100 valence electrons. The highest BCUT2D eigenvalue weighted by atomic mass is 16.1. The minimum absolute atomic E-state index is 0.0272. The van der Waals surface area contributed by atoms with E-state index in [1.54, 1.807) is 10.9 Å². The van der Waals surface area contributed by atoms with Crippen LogP contribution >= 0.6 is 0 Å². The second-order valence-corrected chi connectivity index (χ2v) is 5.17. The van der Waals surface area contributed by atoms with Gasteiger partial charge in [0.15, 0.2) is 0 Å². The van der Waals surface area contributed by atoms with Crippen LogP contribution in [0, 0.1) is 6.92 Å². The van der Waals surface area contributed by atoms with Crippen molar-refractivity contribution in [2.75, 3.05) is 6.54 Å². The average Bonchev–Trinajstić information content (AvgIpc) is 2.67. The number of carbonyl (C=O) groups excluding carboxylic acids is 1. The van der Waals surface area contributed by atoms with Gasteiger partial charge in [-0.1, -0.05) is 6.42 Å². The lowest BCUT2D eigenvalue weighted by molar-refractivity contribution is 0.0945. The highest BCUT2D eigenvalue weighted by Gasteiger charge is 2.19. The maximum atomic E-state index is 12.0. The van der Waals surface area contributed by atoms with Crippen LogP contribution in [0.4, 0.5) is 0 Å². The van der Waals surface area contributed by atoms with Crippen LogP contribution in [0.5, 0.6) is 0 Å². The fraction of sp³-hybridized carbons (Fsp3) is 0.692. The molecular formula is C13H22N4O. The molecule has 1 amide bonds. The molecular weight excluding hydrogens is 228 g/mol. The Morgan fingerprint density at radius 2 is 2.39 bits per heavy atom. The minimum atomic E-state index is -0.0272. The number of aryl methyl sites for hydroxylation is 1. The number of hydrogen-bond donors (Lipinski definition) is 2. The van der Waals surface area contributed by atoms with Crippen LogP contribution in [0.15, 0.2) is 6.20 Å². The molecule has 2 heterocycles. The fourth-order valence-electron chi connectivity index (χ4n) is 2.43. The third-order valence-corrected chi connectivity index (χ3v) is 3.70. The van der Waals surface area contributed by atoms with E-state index < -0.39 is 0 Å². The van der Waals surface area contributed by atoms with Gasteiger partial charge >= 0.3 is 0 Å². The number of carbonyl (C=O) groups is 1. The summed E-state index contributed by atoms with van der Waals surface area (Å²) in [7, 11) is 1.84. The van der Waals surface area contributed by atoms with Gasteiger partial charge in [0.05, 0.1) is 11.8 Å². The van der Waals surface area contributed by atoms with Crippen molar-refractivity contribution < 1.29 is 4.79 Å². The summed E-state index contributed by atoms with van der Waals surface area (Å²) in [5.41, 5.74) is 1.57. The van der Waals surface area contributed by atoms with Crippen molar-refractivity contribution in [1.29, 1.82) is 0 Å². The number of aromatic nitrogens is 2. The summed E-state index contributed by atoms with van der Waals surface area (Å²) >= 11 is 0. The predicted octanol–water partition coefficient (Wildman–Crippen LogP) is 0.989. The van der Waals surface area contributed by atoms with Crippen LogP contribution in [0.25, 0.3) is 0 Å². The van der Waals surface area contributed by atoms with Crippen molar-refractivity contribution in [2.45, 2.75) is 45.2 Å². The van der Waals surface area contributed by atoms with E-state index in [0.717, 1.165) is 12.1 Å². The van der Waals surface area contributed by atoms with E-state index in [1.807, 2.05) is 14.0 Å². The van der Waals surface area contributed by atoms with E-state index in [4.69, 9.17) is 0 Å². The molecule has 5 nitrogen and oxygen atoms in total. The Kier molecular flexibility index (Phi) is 4.01. The first-order valence-corrected chi connectivity index (χ1v) is 6.60. The van der Waals surface area contributed by atoms with Crippen molar-refractivity contribution in [3.63, 3.8) is 0 Å². The van der Waals surface area contributed by atoms with Crippen LogP contribution in [-0.2, 0) is 7.05 Å². The van der Waals surface area contributed by atoms with Crippen molar-refractivity contribution in [3.05, 3.63) is 17.5 Å². The maximum Gasteiger partial charge on any atom is 0.254 e. The normalized spacial score (nSPS) is 23.9. The van der Waals surface area contributed by atoms with E-state index in [0.29, 0.717) is 24.2 Å². The topological polar surface area (TPSA) is 59.0 Å². The third-order valence-electron chi connectivity index (χ3n) is 3.70. The molecule has 0 saturated carbocycles. The molecule has 1 fully saturated rings. The van der Waals surface area contributed by atoms with Gasteiger partial charge in [0, 0.05) is 31.4 Å². The van der Waals surface area contributed by atoms with Gasteiger partial charge in [0.2, 0.25) is 0 Å². The highest BCUT2D eigenvalue weighted by molar-refractivity contribution is 5.95. The van der Waals surface area contributed by atoms with E-state index in [2.05, 4.69) is 22.7 Å². The predicted molar refractivity (Wildman–Crippen MR) is 70.5 cm³/mol. The molecule has 1 saturated heterocycles. The first kappa shape index (κ1) is 13.1. The first-order valence-electron chi connectivity index (χ1n) is 6.60. The van der Waals surface area contributed by atoms with E-state index >= 15 is 0 Å². The summed E-state index contributed by atoms with van der Waals surface area (Å²) in [5, 5.41) is 10.6. The number of amides is 1. The summed E-state index contributed by atoms with van der Waals surface area (Å²) in [6.07, 6.45) is 5.23. The van der Waals surface area contributed by atoms with Crippen molar-refractivity contribution >= 4 is 5.91 Å². The van der Waals surface area contributed by atoms with Gasteiger partial charge in [-0.3, -0.25) is 9.48 Å². The average molecular weight is 250 g/mol. The number of piperidine rings is 1.